The van der Waals surface area contributed by atoms with Gasteiger partial charge in [0.25, 0.3) is 0 Å². The number of para-hydroxylation sites is 2. The van der Waals surface area contributed by atoms with Crippen molar-refractivity contribution in [2.24, 2.45) is 0 Å². The summed E-state index contributed by atoms with van der Waals surface area (Å²) in [6, 6.07) is 71.5. The molecule has 0 radical (unpaired) electrons. The maximum atomic E-state index is 8.93. The molecule has 0 spiro atoms. The molecule has 0 bridgehead atoms. The molecule has 0 saturated carbocycles. The summed E-state index contributed by atoms with van der Waals surface area (Å²) in [7, 11) is 0. The van der Waals surface area contributed by atoms with Crippen LogP contribution in [0.5, 0.6) is 11.5 Å². The summed E-state index contributed by atoms with van der Waals surface area (Å²) >= 11 is 0. The third-order valence-corrected chi connectivity index (χ3v) is 15.1. The van der Waals surface area contributed by atoms with E-state index >= 15 is 0 Å². The quantitative estimate of drug-likeness (QED) is 0.156. The Bertz CT molecular complexity index is 4740. The first kappa shape index (κ1) is 41.0. The standard InChI is InChI=1S/C72H61N4O.Pt/c1-70(2,3)49-35-36-73-67(42-49)76-64-31-18-17-29-59(64)60-34-33-54(44-66(60)76)77-53-24-19-23-52(43-53)74-45-75-68-62(48-37-50(71(4,5)6)41-51(38-48)72(7,8)9)39-47(46-21-11-10-12-22-46)40-63(68)58-28-16-14-26-56(58)55-25-13-15-27-57(55)61-30-20-32-65(74)69(61)75;/h10-42,45H,1-9H3;/q-3;/i4D3,5D3,6D3;. The number of ether oxygens (including phenoxy) is 1. The first-order valence-electron chi connectivity index (χ1n) is 30.6. The average molecular weight is 1200 g/mol. The zero-order valence-corrected chi connectivity index (χ0v) is 46.4. The van der Waals surface area contributed by atoms with Gasteiger partial charge in [0, 0.05) is 62.3 Å². The van der Waals surface area contributed by atoms with E-state index in [2.05, 4.69) is 126 Å². The third kappa shape index (κ3) is 8.79. The predicted octanol–water partition coefficient (Wildman–Crippen LogP) is 19.5. The molecule has 0 N–H and O–H groups in total. The van der Waals surface area contributed by atoms with E-state index < -0.39 is 31.4 Å². The Morgan fingerprint density at radius 1 is 0.474 bits per heavy atom. The second kappa shape index (κ2) is 19.1. The molecule has 6 heteroatoms. The van der Waals surface area contributed by atoms with Crippen LogP contribution in [0.3, 0.4) is 0 Å². The molecule has 1 aliphatic rings. The van der Waals surface area contributed by atoms with Crippen molar-refractivity contribution in [2.75, 3.05) is 4.90 Å². The van der Waals surface area contributed by atoms with Crippen molar-refractivity contribution < 1.29 is 38.1 Å². The molecule has 4 heterocycles. The smallest absolute Gasteiger partial charge is 0.135 e. The van der Waals surface area contributed by atoms with Gasteiger partial charge in [-0.1, -0.05) is 213 Å². The minimum absolute atomic E-state index is 0. The van der Waals surface area contributed by atoms with E-state index in [-0.39, 0.29) is 32.0 Å². The Labute approximate surface area is 485 Å². The summed E-state index contributed by atoms with van der Waals surface area (Å²) in [5.74, 6) is 1.71. The summed E-state index contributed by atoms with van der Waals surface area (Å²) in [5.41, 5.74) is 4.87. The fourth-order valence-corrected chi connectivity index (χ4v) is 11.2. The normalized spacial score (nSPS) is 14.8. The molecule has 3 aromatic heterocycles. The third-order valence-electron chi connectivity index (χ3n) is 15.1. The topological polar surface area (TPSA) is 35.2 Å². The van der Waals surface area contributed by atoms with Crippen molar-refractivity contribution in [2.45, 2.75) is 78.3 Å². The van der Waals surface area contributed by atoms with Crippen LogP contribution in [0.25, 0.3) is 93.2 Å². The van der Waals surface area contributed by atoms with Crippen molar-refractivity contribution >= 4 is 76.5 Å². The van der Waals surface area contributed by atoms with Crippen molar-refractivity contribution in [1.29, 1.82) is 0 Å². The van der Waals surface area contributed by atoms with Gasteiger partial charge in [-0.3, -0.25) is 0 Å². The van der Waals surface area contributed by atoms with Gasteiger partial charge in [0.2, 0.25) is 0 Å². The van der Waals surface area contributed by atoms with Gasteiger partial charge in [0.05, 0.1) is 0 Å². The number of hydrogen-bond donors (Lipinski definition) is 0. The molecule has 0 fully saturated rings. The number of nitrogens with zero attached hydrogens (tertiary/aromatic N) is 4. The van der Waals surface area contributed by atoms with Crippen LogP contribution in [-0.4, -0.2) is 14.1 Å². The molecule has 0 unspecified atom stereocenters. The first-order valence-corrected chi connectivity index (χ1v) is 26.1. The van der Waals surface area contributed by atoms with E-state index in [0.717, 1.165) is 87.8 Å². The molecule has 12 aromatic rings. The molecule has 5 nitrogen and oxygen atoms in total. The fraction of sp³-hybridized carbons (Fsp3) is 0.167. The Balaban J connectivity index is 0.00000739. The van der Waals surface area contributed by atoms with Crippen LogP contribution in [0.4, 0.5) is 11.4 Å². The zero-order chi connectivity index (χ0) is 60.5. The van der Waals surface area contributed by atoms with E-state index in [1.165, 1.54) is 12.1 Å². The molecule has 0 saturated heterocycles. The molecule has 388 valence electrons. The van der Waals surface area contributed by atoms with Crippen LogP contribution in [0.1, 0.15) is 91.1 Å². The van der Waals surface area contributed by atoms with Crippen LogP contribution in [-0.2, 0) is 37.3 Å². The van der Waals surface area contributed by atoms with E-state index in [1.807, 2.05) is 137 Å². The molecule has 13 rings (SSSR count). The van der Waals surface area contributed by atoms with E-state index in [4.69, 9.17) is 22.1 Å². The van der Waals surface area contributed by atoms with E-state index in [1.54, 1.807) is 0 Å². The van der Waals surface area contributed by atoms with Gasteiger partial charge in [-0.05, 0) is 135 Å². The maximum absolute atomic E-state index is 8.93. The van der Waals surface area contributed by atoms with Gasteiger partial charge in [-0.2, -0.15) is 12.1 Å². The number of aromatic nitrogens is 3. The van der Waals surface area contributed by atoms with Gasteiger partial charge in [-0.25, -0.2) is 4.98 Å². The molecule has 0 atom stereocenters. The molecular formula is C72H61N4OPt-3. The Morgan fingerprint density at radius 2 is 1.09 bits per heavy atom. The summed E-state index contributed by atoms with van der Waals surface area (Å²) in [5, 5.41) is 7.65. The zero-order valence-electron chi connectivity index (χ0n) is 53.1. The minimum atomic E-state index is -3.51. The Hall–Kier alpha value is -8.11. The number of anilines is 2. The van der Waals surface area contributed by atoms with Crippen molar-refractivity contribution in [1.82, 2.24) is 14.1 Å². The maximum Gasteiger partial charge on any atom is 0.135 e. The summed E-state index contributed by atoms with van der Waals surface area (Å²) < 4.78 is 91.5. The SMILES string of the molecule is [2H]C([2H])([2H])C(c1cc(-c2cc(-c3ccccc3)cc3c4ccccc4c4ccccc4c4cccc5c4n(c23)[CH-]N5c2[c-]c(Oc3[c-]c4c(cc3)c3ccccc3n4-c3cc(C(C)(C)C)ccn3)ccc2)cc(C(C)(C)C)c1)(C([2H])([2H])[2H])C([2H])([2H])[2H].[Pt]. The molecule has 9 aromatic carbocycles. The van der Waals surface area contributed by atoms with E-state index in [9.17, 15) is 0 Å². The molecule has 0 amide bonds. The van der Waals surface area contributed by atoms with Gasteiger partial charge < -0.3 is 18.8 Å². The predicted molar refractivity (Wildman–Crippen MR) is 324 cm³/mol. The number of fused-ring (bicyclic) bond motifs is 10. The number of hydrogen-bond acceptors (Lipinski definition) is 3. The Morgan fingerprint density at radius 3 is 1.79 bits per heavy atom. The second-order valence-electron chi connectivity index (χ2n) is 22.3. The van der Waals surface area contributed by atoms with Crippen LogP contribution < -0.4 is 9.64 Å². The number of rotatable bonds is 6. The molecule has 1 aliphatic heterocycles. The second-order valence-corrected chi connectivity index (χ2v) is 22.3. The van der Waals surface area contributed by atoms with Crippen LogP contribution in [0.2, 0.25) is 0 Å². The largest absolute Gasteiger partial charge is 0.509 e. The fourth-order valence-electron chi connectivity index (χ4n) is 11.2. The van der Waals surface area contributed by atoms with Gasteiger partial charge in [-0.15, -0.1) is 35.7 Å². The van der Waals surface area contributed by atoms with Crippen molar-refractivity contribution in [3.63, 3.8) is 0 Å². The summed E-state index contributed by atoms with van der Waals surface area (Å²) in [4.78, 5) is 6.96. The molecule has 78 heavy (non-hydrogen) atoms. The van der Waals surface area contributed by atoms with Crippen LogP contribution >= 0.6 is 0 Å². The summed E-state index contributed by atoms with van der Waals surface area (Å²) in [6.07, 6.45) is 1.86. The van der Waals surface area contributed by atoms with Crippen LogP contribution in [0.15, 0.2) is 200 Å². The molecule has 0 aliphatic carbocycles. The average Bonchev–Trinajstić information content (AvgIpc) is 0.900. The summed E-state index contributed by atoms with van der Waals surface area (Å²) in [6.45, 7) is 3.94. The van der Waals surface area contributed by atoms with Crippen LogP contribution in [0, 0.1) is 18.8 Å². The Kier molecular flexibility index (Phi) is 10.1. The van der Waals surface area contributed by atoms with E-state index in [0.29, 0.717) is 39.4 Å². The van der Waals surface area contributed by atoms with Crippen molar-refractivity contribution in [3.05, 3.63) is 236 Å². The minimum Gasteiger partial charge on any atom is -0.509 e. The van der Waals surface area contributed by atoms with Gasteiger partial charge in [0.1, 0.15) is 5.82 Å². The van der Waals surface area contributed by atoms with Gasteiger partial charge in [0.15, 0.2) is 0 Å². The number of benzene rings is 9. The first-order chi connectivity index (χ1) is 40.8. The van der Waals surface area contributed by atoms with Gasteiger partial charge >= 0.3 is 0 Å². The van der Waals surface area contributed by atoms with Crippen molar-refractivity contribution in [3.8, 4) is 39.6 Å². The number of pyridine rings is 1. The molecular weight excluding hydrogens is 1130 g/mol. The monoisotopic (exact) mass is 1200 g/mol.